The van der Waals surface area contributed by atoms with Gasteiger partial charge in [0.15, 0.2) is 5.82 Å². The number of benzene rings is 1. The van der Waals surface area contributed by atoms with Crippen LogP contribution in [0.4, 0.5) is 0 Å². The molecule has 0 atom stereocenters. The molecule has 0 aliphatic heterocycles. The van der Waals surface area contributed by atoms with Crippen molar-refractivity contribution in [1.82, 2.24) is 10.1 Å². The van der Waals surface area contributed by atoms with Crippen LogP contribution in [-0.4, -0.2) is 10.1 Å². The van der Waals surface area contributed by atoms with Crippen molar-refractivity contribution in [1.29, 1.82) is 0 Å². The van der Waals surface area contributed by atoms with Gasteiger partial charge in [0.2, 0.25) is 0 Å². The normalized spacial score (nSPS) is 19.1. The van der Waals surface area contributed by atoms with Crippen molar-refractivity contribution in [3.63, 3.8) is 0 Å². The van der Waals surface area contributed by atoms with Crippen LogP contribution in [-0.2, 0) is 18.4 Å². The highest BCUT2D eigenvalue weighted by atomic mass is 35.5. The molecule has 0 radical (unpaired) electrons. The Morgan fingerprint density at radius 3 is 2.65 bits per heavy atom. The quantitative estimate of drug-likeness (QED) is 0.924. The van der Waals surface area contributed by atoms with Gasteiger partial charge < -0.3 is 10.3 Å². The van der Waals surface area contributed by atoms with Crippen LogP contribution in [0.2, 0.25) is 0 Å². The van der Waals surface area contributed by atoms with E-state index in [1.165, 1.54) is 24.0 Å². The van der Waals surface area contributed by atoms with E-state index in [9.17, 15) is 0 Å². The lowest BCUT2D eigenvalue weighted by Gasteiger charge is -2.34. The first-order valence-electron chi connectivity index (χ1n) is 7.00. The van der Waals surface area contributed by atoms with Gasteiger partial charge in [-0.1, -0.05) is 11.2 Å². The predicted octanol–water partition coefficient (Wildman–Crippen LogP) is 2.99. The Bertz CT molecular complexity index is 634. The zero-order valence-electron chi connectivity index (χ0n) is 11.3. The SMILES string of the molecule is Cl.NC1(c2noc(-c3ccc4c(c3)CCC4)n2)CCC1. The average Bonchev–Trinajstić information content (AvgIpc) is 3.03. The van der Waals surface area contributed by atoms with Crippen LogP contribution in [0.1, 0.15) is 42.6 Å². The van der Waals surface area contributed by atoms with Crippen LogP contribution in [0.15, 0.2) is 22.7 Å². The second-order valence-corrected chi connectivity index (χ2v) is 5.77. The van der Waals surface area contributed by atoms with Crippen molar-refractivity contribution in [2.75, 3.05) is 0 Å². The van der Waals surface area contributed by atoms with E-state index in [4.69, 9.17) is 10.3 Å². The summed E-state index contributed by atoms with van der Waals surface area (Å²) in [5.41, 5.74) is 9.76. The molecular formula is C15H18ClN3O. The molecule has 4 nitrogen and oxygen atoms in total. The van der Waals surface area contributed by atoms with Crippen LogP contribution < -0.4 is 5.73 Å². The van der Waals surface area contributed by atoms with E-state index in [0.29, 0.717) is 11.7 Å². The minimum absolute atomic E-state index is 0. The number of fused-ring (bicyclic) bond motifs is 1. The summed E-state index contributed by atoms with van der Waals surface area (Å²) in [4.78, 5) is 4.50. The fourth-order valence-corrected chi connectivity index (χ4v) is 3.03. The standard InChI is InChI=1S/C15H17N3O.ClH/c16-15(7-2-8-15)14-17-13(19-18-14)12-6-5-10-3-1-4-11(10)9-12;/h5-6,9H,1-4,7-8,16H2;1H. The highest BCUT2D eigenvalue weighted by Crippen LogP contribution is 2.38. The molecule has 1 saturated carbocycles. The Morgan fingerprint density at radius 2 is 1.90 bits per heavy atom. The number of aryl methyl sites for hydroxylation is 2. The number of hydrogen-bond acceptors (Lipinski definition) is 4. The van der Waals surface area contributed by atoms with E-state index < -0.39 is 0 Å². The van der Waals surface area contributed by atoms with Crippen LogP contribution in [0, 0.1) is 0 Å². The molecule has 1 fully saturated rings. The first-order valence-corrected chi connectivity index (χ1v) is 7.00. The maximum absolute atomic E-state index is 6.22. The van der Waals surface area contributed by atoms with Crippen molar-refractivity contribution in [2.24, 2.45) is 5.73 Å². The van der Waals surface area contributed by atoms with E-state index in [-0.39, 0.29) is 17.9 Å². The molecule has 106 valence electrons. The summed E-state index contributed by atoms with van der Waals surface area (Å²) in [5, 5.41) is 4.07. The molecule has 2 aliphatic carbocycles. The Hall–Kier alpha value is -1.39. The van der Waals surface area contributed by atoms with Crippen molar-refractivity contribution in [3.05, 3.63) is 35.2 Å². The van der Waals surface area contributed by atoms with Gasteiger partial charge in [0.1, 0.15) is 0 Å². The van der Waals surface area contributed by atoms with Gasteiger partial charge in [-0.15, -0.1) is 12.4 Å². The predicted molar refractivity (Wildman–Crippen MR) is 78.7 cm³/mol. The largest absolute Gasteiger partial charge is 0.334 e. The molecule has 2 aromatic rings. The summed E-state index contributed by atoms with van der Waals surface area (Å²) in [6.07, 6.45) is 6.66. The third-order valence-corrected chi connectivity index (χ3v) is 4.46. The first kappa shape index (κ1) is 13.6. The molecular weight excluding hydrogens is 274 g/mol. The monoisotopic (exact) mass is 291 g/mol. The van der Waals surface area contributed by atoms with Crippen molar-refractivity contribution in [2.45, 2.75) is 44.1 Å². The topological polar surface area (TPSA) is 64.9 Å². The molecule has 1 aromatic heterocycles. The summed E-state index contributed by atoms with van der Waals surface area (Å²) >= 11 is 0. The zero-order valence-corrected chi connectivity index (χ0v) is 12.1. The molecule has 0 saturated heterocycles. The zero-order chi connectivity index (χ0) is 12.9. The fraction of sp³-hybridized carbons (Fsp3) is 0.467. The van der Waals surface area contributed by atoms with Gasteiger partial charge in [-0.25, -0.2) is 0 Å². The van der Waals surface area contributed by atoms with E-state index >= 15 is 0 Å². The summed E-state index contributed by atoms with van der Waals surface area (Å²) < 4.78 is 5.39. The number of hydrogen-bond donors (Lipinski definition) is 1. The second kappa shape index (κ2) is 4.86. The van der Waals surface area contributed by atoms with Crippen molar-refractivity contribution in [3.8, 4) is 11.5 Å². The van der Waals surface area contributed by atoms with Gasteiger partial charge in [0, 0.05) is 5.56 Å². The fourth-order valence-electron chi connectivity index (χ4n) is 3.03. The molecule has 5 heteroatoms. The smallest absolute Gasteiger partial charge is 0.258 e. The Kier molecular flexibility index (Phi) is 3.30. The minimum Gasteiger partial charge on any atom is -0.334 e. The van der Waals surface area contributed by atoms with Crippen molar-refractivity contribution >= 4 is 12.4 Å². The molecule has 2 aliphatic rings. The van der Waals surface area contributed by atoms with Crippen LogP contribution >= 0.6 is 12.4 Å². The van der Waals surface area contributed by atoms with Gasteiger partial charge in [-0.2, -0.15) is 4.98 Å². The summed E-state index contributed by atoms with van der Waals surface area (Å²) in [5.74, 6) is 1.26. The third kappa shape index (κ3) is 2.03. The summed E-state index contributed by atoms with van der Waals surface area (Å²) in [6, 6.07) is 6.44. The number of halogens is 1. The van der Waals surface area contributed by atoms with Gasteiger partial charge >= 0.3 is 0 Å². The molecule has 4 rings (SSSR count). The molecule has 20 heavy (non-hydrogen) atoms. The van der Waals surface area contributed by atoms with E-state index in [0.717, 1.165) is 31.2 Å². The number of nitrogens with zero attached hydrogens (tertiary/aromatic N) is 2. The van der Waals surface area contributed by atoms with Gasteiger partial charge in [0.25, 0.3) is 5.89 Å². The van der Waals surface area contributed by atoms with Gasteiger partial charge in [0.05, 0.1) is 5.54 Å². The van der Waals surface area contributed by atoms with Crippen LogP contribution in [0.25, 0.3) is 11.5 Å². The second-order valence-electron chi connectivity index (χ2n) is 5.77. The first-order chi connectivity index (χ1) is 9.24. The molecule has 2 N–H and O–H groups in total. The highest BCUT2D eigenvalue weighted by molar-refractivity contribution is 5.85. The van der Waals surface area contributed by atoms with E-state index in [1.807, 2.05) is 0 Å². The van der Waals surface area contributed by atoms with Gasteiger partial charge in [-0.05, 0) is 61.8 Å². The maximum atomic E-state index is 6.22. The summed E-state index contributed by atoms with van der Waals surface area (Å²) in [7, 11) is 0. The number of aromatic nitrogens is 2. The number of nitrogens with two attached hydrogens (primary N) is 1. The lowest BCUT2D eigenvalue weighted by molar-refractivity contribution is 0.229. The maximum Gasteiger partial charge on any atom is 0.258 e. The Balaban J connectivity index is 0.00000121. The number of rotatable bonds is 2. The van der Waals surface area contributed by atoms with E-state index in [2.05, 4.69) is 28.3 Å². The summed E-state index contributed by atoms with van der Waals surface area (Å²) in [6.45, 7) is 0. The third-order valence-electron chi connectivity index (χ3n) is 4.46. The molecule has 0 unspecified atom stereocenters. The minimum atomic E-state index is -0.349. The lowest BCUT2D eigenvalue weighted by atomic mass is 9.77. The lowest BCUT2D eigenvalue weighted by Crippen LogP contribution is -2.44. The van der Waals surface area contributed by atoms with Gasteiger partial charge in [-0.3, -0.25) is 0 Å². The molecule has 0 spiro atoms. The van der Waals surface area contributed by atoms with Crippen molar-refractivity contribution < 1.29 is 4.52 Å². The van der Waals surface area contributed by atoms with E-state index in [1.54, 1.807) is 0 Å². The molecule has 0 bridgehead atoms. The van der Waals surface area contributed by atoms with Crippen LogP contribution in [0.5, 0.6) is 0 Å². The van der Waals surface area contributed by atoms with Crippen LogP contribution in [0.3, 0.4) is 0 Å². The highest BCUT2D eigenvalue weighted by Gasteiger charge is 2.39. The Labute approximate surface area is 124 Å². The molecule has 1 heterocycles. The average molecular weight is 292 g/mol. The Morgan fingerprint density at radius 1 is 1.10 bits per heavy atom. The molecule has 0 amide bonds. The molecule has 1 aromatic carbocycles.